The first-order chi connectivity index (χ1) is 9.15. The number of carbonyl (C=O) groups is 1. The molecule has 0 heterocycles. The number of methoxy groups -OCH3 is 1. The molecule has 1 amide bonds. The van der Waals surface area contributed by atoms with E-state index in [-0.39, 0.29) is 11.8 Å². The van der Waals surface area contributed by atoms with Crippen molar-refractivity contribution in [3.05, 3.63) is 23.2 Å². The molecule has 0 aliphatic heterocycles. The molecule has 1 fully saturated rings. The van der Waals surface area contributed by atoms with Gasteiger partial charge in [0.2, 0.25) is 5.91 Å². The maximum Gasteiger partial charge on any atom is 0.227 e. The molecule has 1 aliphatic carbocycles. The van der Waals surface area contributed by atoms with Crippen molar-refractivity contribution in [1.29, 1.82) is 0 Å². The highest BCUT2D eigenvalue weighted by Gasteiger charge is 2.31. The Labute approximate surface area is 118 Å². The van der Waals surface area contributed by atoms with Gasteiger partial charge in [-0.25, -0.2) is 0 Å². The molecule has 2 rings (SSSR count). The fourth-order valence-corrected chi connectivity index (χ4v) is 2.90. The summed E-state index contributed by atoms with van der Waals surface area (Å²) in [4.78, 5) is 12.2. The lowest BCUT2D eigenvalue weighted by atomic mass is 9.95. The molecule has 1 aromatic rings. The van der Waals surface area contributed by atoms with E-state index in [1.54, 1.807) is 25.3 Å². The maximum absolute atomic E-state index is 12.2. The number of carbonyl (C=O) groups excluding carboxylic acids is 1. The van der Waals surface area contributed by atoms with E-state index in [9.17, 15) is 4.79 Å². The number of benzene rings is 1. The number of nitrogens with two attached hydrogens (primary N) is 1. The van der Waals surface area contributed by atoms with Crippen molar-refractivity contribution in [2.75, 3.05) is 19.0 Å². The summed E-state index contributed by atoms with van der Waals surface area (Å²) < 4.78 is 5.08. The van der Waals surface area contributed by atoms with E-state index in [1.165, 1.54) is 0 Å². The Morgan fingerprint density at radius 1 is 1.53 bits per heavy atom. The Morgan fingerprint density at radius 2 is 2.32 bits per heavy atom. The first-order valence-electron chi connectivity index (χ1n) is 6.50. The fourth-order valence-electron chi connectivity index (χ4n) is 2.64. The molecule has 1 aliphatic rings. The molecule has 2 atom stereocenters. The molecule has 1 aromatic carbocycles. The maximum atomic E-state index is 12.2. The molecule has 0 aromatic heterocycles. The van der Waals surface area contributed by atoms with Crippen LogP contribution in [0, 0.1) is 11.8 Å². The Morgan fingerprint density at radius 3 is 2.95 bits per heavy atom. The van der Waals surface area contributed by atoms with Crippen molar-refractivity contribution in [2.24, 2.45) is 17.6 Å². The predicted molar refractivity (Wildman–Crippen MR) is 76.5 cm³/mol. The van der Waals surface area contributed by atoms with Crippen LogP contribution in [0.2, 0.25) is 5.02 Å². The number of anilines is 1. The number of hydrogen-bond donors (Lipinski definition) is 2. The molecule has 0 radical (unpaired) electrons. The van der Waals surface area contributed by atoms with Gasteiger partial charge in [-0.3, -0.25) is 4.79 Å². The van der Waals surface area contributed by atoms with Crippen molar-refractivity contribution >= 4 is 23.2 Å². The minimum absolute atomic E-state index is 0.0193. The van der Waals surface area contributed by atoms with Gasteiger partial charge in [0.05, 0.1) is 12.1 Å². The summed E-state index contributed by atoms with van der Waals surface area (Å²) in [5.74, 6) is 0.953. The Balaban J connectivity index is 2.04. The number of ether oxygens (including phenoxy) is 1. The highest BCUT2D eigenvalue weighted by Crippen LogP contribution is 2.33. The van der Waals surface area contributed by atoms with Crippen molar-refractivity contribution in [2.45, 2.75) is 19.3 Å². The van der Waals surface area contributed by atoms with Gasteiger partial charge in [-0.05, 0) is 43.5 Å². The molecule has 104 valence electrons. The zero-order chi connectivity index (χ0) is 13.8. The average Bonchev–Trinajstić information content (AvgIpc) is 2.87. The summed E-state index contributed by atoms with van der Waals surface area (Å²) in [6.45, 7) is 0.571. The van der Waals surface area contributed by atoms with E-state index in [4.69, 9.17) is 22.1 Å². The summed E-state index contributed by atoms with van der Waals surface area (Å²) in [5.41, 5.74) is 6.39. The van der Waals surface area contributed by atoms with Gasteiger partial charge >= 0.3 is 0 Å². The largest absolute Gasteiger partial charge is 0.495 e. The monoisotopic (exact) mass is 282 g/mol. The molecule has 0 bridgehead atoms. The Hall–Kier alpha value is -1.26. The molecule has 19 heavy (non-hydrogen) atoms. The molecular formula is C14H19ClN2O2. The molecule has 0 spiro atoms. The van der Waals surface area contributed by atoms with Crippen LogP contribution in [0.5, 0.6) is 5.75 Å². The average molecular weight is 283 g/mol. The lowest BCUT2D eigenvalue weighted by Crippen LogP contribution is -2.29. The van der Waals surface area contributed by atoms with E-state index in [0.29, 0.717) is 28.9 Å². The van der Waals surface area contributed by atoms with E-state index >= 15 is 0 Å². The van der Waals surface area contributed by atoms with Gasteiger partial charge in [0.15, 0.2) is 0 Å². The van der Waals surface area contributed by atoms with Crippen LogP contribution in [0.25, 0.3) is 0 Å². The van der Waals surface area contributed by atoms with E-state index in [0.717, 1.165) is 19.3 Å². The number of rotatable bonds is 4. The van der Waals surface area contributed by atoms with Crippen LogP contribution in [0.1, 0.15) is 19.3 Å². The molecule has 3 N–H and O–H groups in total. The van der Waals surface area contributed by atoms with Crippen LogP contribution in [0.3, 0.4) is 0 Å². The zero-order valence-corrected chi connectivity index (χ0v) is 11.7. The number of halogens is 1. The summed E-state index contributed by atoms with van der Waals surface area (Å²) in [6, 6.07) is 5.23. The summed E-state index contributed by atoms with van der Waals surface area (Å²) in [5, 5.41) is 3.39. The first-order valence-corrected chi connectivity index (χ1v) is 6.88. The van der Waals surface area contributed by atoms with E-state index < -0.39 is 0 Å². The van der Waals surface area contributed by atoms with Gasteiger partial charge in [-0.2, -0.15) is 0 Å². The smallest absolute Gasteiger partial charge is 0.227 e. The zero-order valence-electron chi connectivity index (χ0n) is 11.0. The minimum atomic E-state index is 0.0193. The summed E-state index contributed by atoms with van der Waals surface area (Å²) >= 11 is 6.03. The van der Waals surface area contributed by atoms with Gasteiger partial charge < -0.3 is 15.8 Å². The van der Waals surface area contributed by atoms with Crippen LogP contribution in [-0.4, -0.2) is 19.6 Å². The number of nitrogens with one attached hydrogen (secondary N) is 1. The molecular weight excluding hydrogens is 264 g/mol. The third-order valence-electron chi connectivity index (χ3n) is 3.72. The van der Waals surface area contributed by atoms with E-state index in [1.807, 2.05) is 0 Å². The SMILES string of the molecule is COc1ccc(NC(=O)[C@@H]2CCC[C@@H]2CN)cc1Cl. The molecule has 0 unspecified atom stereocenters. The fraction of sp³-hybridized carbons (Fsp3) is 0.500. The molecule has 5 heteroatoms. The van der Waals surface area contributed by atoms with Crippen LogP contribution in [0.15, 0.2) is 18.2 Å². The molecule has 0 saturated heterocycles. The summed E-state index contributed by atoms with van der Waals surface area (Å²) in [7, 11) is 1.56. The first kappa shape index (κ1) is 14.2. The third-order valence-corrected chi connectivity index (χ3v) is 4.01. The predicted octanol–water partition coefficient (Wildman–Crippen LogP) is 2.66. The summed E-state index contributed by atoms with van der Waals surface area (Å²) in [6.07, 6.45) is 3.03. The standard InChI is InChI=1S/C14H19ClN2O2/c1-19-13-6-5-10(7-12(13)15)17-14(18)11-4-2-3-9(11)8-16/h5-7,9,11H,2-4,8,16H2,1H3,(H,17,18)/t9-,11-/m1/s1. The number of hydrogen-bond acceptors (Lipinski definition) is 3. The second-order valence-electron chi connectivity index (χ2n) is 4.87. The highest BCUT2D eigenvalue weighted by atomic mass is 35.5. The Bertz CT molecular complexity index is 465. The van der Waals surface area contributed by atoms with Crippen molar-refractivity contribution in [1.82, 2.24) is 0 Å². The van der Waals surface area contributed by atoms with Crippen LogP contribution < -0.4 is 15.8 Å². The highest BCUT2D eigenvalue weighted by molar-refractivity contribution is 6.32. The van der Waals surface area contributed by atoms with Gasteiger partial charge in [0.25, 0.3) is 0 Å². The van der Waals surface area contributed by atoms with Crippen molar-refractivity contribution < 1.29 is 9.53 Å². The molecule has 1 saturated carbocycles. The van der Waals surface area contributed by atoms with Crippen LogP contribution >= 0.6 is 11.6 Å². The number of amides is 1. The topological polar surface area (TPSA) is 64.3 Å². The third kappa shape index (κ3) is 3.19. The van der Waals surface area contributed by atoms with Crippen LogP contribution in [0.4, 0.5) is 5.69 Å². The lowest BCUT2D eigenvalue weighted by Gasteiger charge is -2.17. The van der Waals surface area contributed by atoms with Crippen molar-refractivity contribution in [3.8, 4) is 5.75 Å². The second-order valence-corrected chi connectivity index (χ2v) is 5.28. The second kappa shape index (κ2) is 6.26. The van der Waals surface area contributed by atoms with E-state index in [2.05, 4.69) is 5.32 Å². The van der Waals surface area contributed by atoms with Gasteiger partial charge in [-0.1, -0.05) is 18.0 Å². The normalized spacial score (nSPS) is 22.3. The quantitative estimate of drug-likeness (QED) is 0.892. The van der Waals surface area contributed by atoms with Gasteiger partial charge in [-0.15, -0.1) is 0 Å². The Kier molecular flexibility index (Phi) is 4.66. The van der Waals surface area contributed by atoms with Gasteiger partial charge in [0.1, 0.15) is 5.75 Å². The van der Waals surface area contributed by atoms with Gasteiger partial charge in [0, 0.05) is 11.6 Å². The van der Waals surface area contributed by atoms with Crippen molar-refractivity contribution in [3.63, 3.8) is 0 Å². The molecule has 4 nitrogen and oxygen atoms in total. The van der Waals surface area contributed by atoms with Crippen LogP contribution in [-0.2, 0) is 4.79 Å². The minimum Gasteiger partial charge on any atom is -0.495 e. The lowest BCUT2D eigenvalue weighted by molar-refractivity contribution is -0.120.